The van der Waals surface area contributed by atoms with Gasteiger partial charge in [-0.15, -0.1) is 0 Å². The Kier molecular flexibility index (Phi) is 3.46. The fraction of sp³-hybridized carbons (Fsp3) is 0.286. The van der Waals surface area contributed by atoms with Crippen LogP contribution in [-0.4, -0.2) is 15.7 Å². The SMILES string of the molecule is Cc1ccc(C)c(NC(=O)Cn2cc(C)cn2)c1. The zero-order valence-electron chi connectivity index (χ0n) is 10.9. The highest BCUT2D eigenvalue weighted by Gasteiger charge is 2.06. The Balaban J connectivity index is 2.05. The molecule has 0 aliphatic carbocycles. The van der Waals surface area contributed by atoms with E-state index in [0.29, 0.717) is 0 Å². The summed E-state index contributed by atoms with van der Waals surface area (Å²) in [6.45, 7) is 6.17. The molecule has 2 rings (SSSR count). The molecule has 0 saturated carbocycles. The minimum Gasteiger partial charge on any atom is -0.324 e. The molecule has 94 valence electrons. The van der Waals surface area contributed by atoms with Crippen LogP contribution < -0.4 is 5.32 Å². The van der Waals surface area contributed by atoms with Gasteiger partial charge in [0.2, 0.25) is 5.91 Å². The third-order valence-electron chi connectivity index (χ3n) is 2.74. The van der Waals surface area contributed by atoms with E-state index in [9.17, 15) is 4.79 Å². The number of rotatable bonds is 3. The van der Waals surface area contributed by atoms with Crippen molar-refractivity contribution in [1.29, 1.82) is 0 Å². The number of amides is 1. The molecule has 0 spiro atoms. The number of hydrogen-bond donors (Lipinski definition) is 1. The fourth-order valence-electron chi connectivity index (χ4n) is 1.76. The Morgan fingerprint density at radius 3 is 2.72 bits per heavy atom. The standard InChI is InChI=1S/C14H17N3O/c1-10-4-5-12(3)13(6-10)16-14(18)9-17-8-11(2)7-15-17/h4-8H,9H2,1-3H3,(H,16,18). The summed E-state index contributed by atoms with van der Waals surface area (Å²) in [6.07, 6.45) is 3.59. The first kappa shape index (κ1) is 12.4. The Morgan fingerprint density at radius 2 is 2.06 bits per heavy atom. The van der Waals surface area contributed by atoms with E-state index < -0.39 is 0 Å². The number of aryl methyl sites for hydroxylation is 3. The number of carbonyl (C=O) groups is 1. The molecule has 0 atom stereocenters. The fourth-order valence-corrected chi connectivity index (χ4v) is 1.76. The van der Waals surface area contributed by atoms with Gasteiger partial charge in [-0.3, -0.25) is 9.48 Å². The lowest BCUT2D eigenvalue weighted by atomic mass is 10.1. The van der Waals surface area contributed by atoms with Gasteiger partial charge in [-0.25, -0.2) is 0 Å². The van der Waals surface area contributed by atoms with Crippen molar-refractivity contribution < 1.29 is 4.79 Å². The Morgan fingerprint density at radius 1 is 1.28 bits per heavy atom. The van der Waals surface area contributed by atoms with E-state index in [-0.39, 0.29) is 12.5 Å². The van der Waals surface area contributed by atoms with Crippen LogP contribution in [0.25, 0.3) is 0 Å². The number of nitrogens with one attached hydrogen (secondary N) is 1. The molecule has 1 N–H and O–H groups in total. The Labute approximate surface area is 107 Å². The molecule has 2 aromatic rings. The second-order valence-electron chi connectivity index (χ2n) is 4.58. The minimum absolute atomic E-state index is 0.0631. The molecule has 4 nitrogen and oxygen atoms in total. The summed E-state index contributed by atoms with van der Waals surface area (Å²) < 4.78 is 1.63. The van der Waals surface area contributed by atoms with Crippen molar-refractivity contribution in [2.75, 3.05) is 5.32 Å². The summed E-state index contributed by atoms with van der Waals surface area (Å²) in [4.78, 5) is 11.9. The number of anilines is 1. The first-order valence-electron chi connectivity index (χ1n) is 5.91. The summed E-state index contributed by atoms with van der Waals surface area (Å²) in [5.74, 6) is -0.0631. The molecule has 4 heteroatoms. The van der Waals surface area contributed by atoms with Crippen LogP contribution in [0.1, 0.15) is 16.7 Å². The summed E-state index contributed by atoms with van der Waals surface area (Å²) in [5.41, 5.74) is 4.11. The number of carbonyl (C=O) groups excluding carboxylic acids is 1. The van der Waals surface area contributed by atoms with Crippen LogP contribution in [0.15, 0.2) is 30.6 Å². The second kappa shape index (κ2) is 5.04. The van der Waals surface area contributed by atoms with Gasteiger partial charge in [-0.05, 0) is 43.5 Å². The Bertz CT molecular complexity index is 572. The Hall–Kier alpha value is -2.10. The molecular weight excluding hydrogens is 226 g/mol. The number of nitrogens with zero attached hydrogens (tertiary/aromatic N) is 2. The first-order valence-corrected chi connectivity index (χ1v) is 5.91. The van der Waals surface area contributed by atoms with E-state index in [2.05, 4.69) is 10.4 Å². The highest BCUT2D eigenvalue weighted by atomic mass is 16.2. The normalized spacial score (nSPS) is 10.4. The minimum atomic E-state index is -0.0631. The largest absolute Gasteiger partial charge is 0.324 e. The van der Waals surface area contributed by atoms with Crippen molar-refractivity contribution in [2.24, 2.45) is 0 Å². The molecule has 0 aliphatic rings. The monoisotopic (exact) mass is 243 g/mol. The van der Waals surface area contributed by atoms with Crippen LogP contribution >= 0.6 is 0 Å². The van der Waals surface area contributed by atoms with E-state index in [4.69, 9.17) is 0 Å². The molecule has 0 bridgehead atoms. The number of hydrogen-bond acceptors (Lipinski definition) is 2. The molecule has 0 fully saturated rings. The van der Waals surface area contributed by atoms with Gasteiger partial charge < -0.3 is 5.32 Å². The van der Waals surface area contributed by atoms with Crippen molar-refractivity contribution in [2.45, 2.75) is 27.3 Å². The van der Waals surface area contributed by atoms with E-state index in [0.717, 1.165) is 22.4 Å². The molecule has 1 aromatic heterocycles. The maximum atomic E-state index is 11.9. The van der Waals surface area contributed by atoms with Crippen molar-refractivity contribution in [3.63, 3.8) is 0 Å². The van der Waals surface area contributed by atoms with Crippen molar-refractivity contribution >= 4 is 11.6 Å². The smallest absolute Gasteiger partial charge is 0.246 e. The number of aromatic nitrogens is 2. The summed E-state index contributed by atoms with van der Waals surface area (Å²) in [7, 11) is 0. The van der Waals surface area contributed by atoms with Crippen molar-refractivity contribution in [1.82, 2.24) is 9.78 Å². The van der Waals surface area contributed by atoms with E-state index in [1.807, 2.05) is 45.2 Å². The summed E-state index contributed by atoms with van der Waals surface area (Å²) >= 11 is 0. The van der Waals surface area contributed by atoms with Gasteiger partial charge in [0, 0.05) is 11.9 Å². The lowest BCUT2D eigenvalue weighted by Gasteiger charge is -2.09. The van der Waals surface area contributed by atoms with E-state index in [1.54, 1.807) is 10.9 Å². The predicted molar refractivity (Wildman–Crippen MR) is 71.5 cm³/mol. The molecule has 0 radical (unpaired) electrons. The van der Waals surface area contributed by atoms with Crippen molar-refractivity contribution in [3.8, 4) is 0 Å². The van der Waals surface area contributed by atoms with Gasteiger partial charge in [-0.1, -0.05) is 12.1 Å². The van der Waals surface area contributed by atoms with E-state index >= 15 is 0 Å². The molecule has 1 heterocycles. The zero-order valence-corrected chi connectivity index (χ0v) is 10.9. The molecule has 1 amide bonds. The maximum absolute atomic E-state index is 11.9. The van der Waals surface area contributed by atoms with E-state index in [1.165, 1.54) is 0 Å². The van der Waals surface area contributed by atoms with Crippen LogP contribution in [-0.2, 0) is 11.3 Å². The van der Waals surface area contributed by atoms with Gasteiger partial charge >= 0.3 is 0 Å². The van der Waals surface area contributed by atoms with Gasteiger partial charge in [0.15, 0.2) is 0 Å². The zero-order chi connectivity index (χ0) is 13.1. The third kappa shape index (κ3) is 2.97. The van der Waals surface area contributed by atoms with Crippen LogP contribution in [0, 0.1) is 20.8 Å². The highest BCUT2D eigenvalue weighted by molar-refractivity contribution is 5.91. The summed E-state index contributed by atoms with van der Waals surface area (Å²) in [6, 6.07) is 6.01. The van der Waals surface area contributed by atoms with Crippen molar-refractivity contribution in [3.05, 3.63) is 47.3 Å². The van der Waals surface area contributed by atoms with Crippen LogP contribution in [0.2, 0.25) is 0 Å². The molecule has 0 unspecified atom stereocenters. The molecule has 18 heavy (non-hydrogen) atoms. The molecular formula is C14H17N3O. The van der Waals surface area contributed by atoms with Gasteiger partial charge in [-0.2, -0.15) is 5.10 Å². The highest BCUT2D eigenvalue weighted by Crippen LogP contribution is 2.16. The number of benzene rings is 1. The van der Waals surface area contributed by atoms with Gasteiger partial charge in [0.25, 0.3) is 0 Å². The quantitative estimate of drug-likeness (QED) is 0.900. The average molecular weight is 243 g/mol. The predicted octanol–water partition coefficient (Wildman–Crippen LogP) is 2.45. The molecule has 1 aromatic carbocycles. The lowest BCUT2D eigenvalue weighted by Crippen LogP contribution is -2.19. The molecule has 0 aliphatic heterocycles. The van der Waals surface area contributed by atoms with Crippen LogP contribution in [0.5, 0.6) is 0 Å². The summed E-state index contributed by atoms with van der Waals surface area (Å²) in [5, 5.41) is 7.00. The first-order chi connectivity index (χ1) is 8.54. The topological polar surface area (TPSA) is 46.9 Å². The van der Waals surface area contributed by atoms with Gasteiger partial charge in [0.1, 0.15) is 6.54 Å². The van der Waals surface area contributed by atoms with Gasteiger partial charge in [0.05, 0.1) is 6.20 Å². The maximum Gasteiger partial charge on any atom is 0.246 e. The third-order valence-corrected chi connectivity index (χ3v) is 2.74. The molecule has 0 saturated heterocycles. The average Bonchev–Trinajstić information content (AvgIpc) is 2.69. The van der Waals surface area contributed by atoms with Crippen LogP contribution in [0.3, 0.4) is 0 Å². The second-order valence-corrected chi connectivity index (χ2v) is 4.58. The lowest BCUT2D eigenvalue weighted by molar-refractivity contribution is -0.116. The van der Waals surface area contributed by atoms with Crippen LogP contribution in [0.4, 0.5) is 5.69 Å².